The van der Waals surface area contributed by atoms with Crippen molar-refractivity contribution in [2.24, 2.45) is 0 Å². The van der Waals surface area contributed by atoms with Crippen LogP contribution < -0.4 is 5.32 Å². The molecule has 0 aromatic carbocycles. The fraction of sp³-hybridized carbons (Fsp3) is 0.500. The lowest BCUT2D eigenvalue weighted by Gasteiger charge is -2.31. The van der Waals surface area contributed by atoms with Crippen LogP contribution in [0, 0.1) is 0 Å². The normalized spacial score (nSPS) is 17.7. The van der Waals surface area contributed by atoms with E-state index in [2.05, 4.69) is 32.1 Å². The Morgan fingerprint density at radius 3 is 2.79 bits per heavy atom. The second-order valence-electron chi connectivity index (χ2n) is 4.95. The summed E-state index contributed by atoms with van der Waals surface area (Å²) in [7, 11) is 0. The minimum atomic E-state index is 0.518. The summed E-state index contributed by atoms with van der Waals surface area (Å²) >= 11 is 0. The summed E-state index contributed by atoms with van der Waals surface area (Å²) in [6, 6.07) is 4.48. The van der Waals surface area contributed by atoms with Gasteiger partial charge in [-0.05, 0) is 31.5 Å². The van der Waals surface area contributed by atoms with Gasteiger partial charge in [0.15, 0.2) is 5.65 Å². The lowest BCUT2D eigenvalue weighted by molar-refractivity contribution is 0.229. The van der Waals surface area contributed by atoms with Crippen molar-refractivity contribution in [1.29, 1.82) is 0 Å². The molecule has 5 heteroatoms. The fourth-order valence-electron chi connectivity index (χ4n) is 2.54. The van der Waals surface area contributed by atoms with Crippen LogP contribution >= 0.6 is 0 Å². The SMILES string of the molecule is CCN1CCC(Nc2ccc3nccnc3n2)CC1. The molecule has 2 aromatic rings. The number of hydrogen-bond donors (Lipinski definition) is 1. The highest BCUT2D eigenvalue weighted by Gasteiger charge is 2.18. The molecule has 100 valence electrons. The Morgan fingerprint density at radius 1 is 1.21 bits per heavy atom. The second kappa shape index (κ2) is 5.48. The number of anilines is 1. The maximum absolute atomic E-state index is 4.51. The molecule has 1 aliphatic heterocycles. The van der Waals surface area contributed by atoms with Crippen LogP contribution in [0.4, 0.5) is 5.82 Å². The van der Waals surface area contributed by atoms with E-state index in [0.717, 1.165) is 17.9 Å². The summed E-state index contributed by atoms with van der Waals surface area (Å²) in [6.07, 6.45) is 5.72. The number of piperidine rings is 1. The lowest BCUT2D eigenvalue weighted by Crippen LogP contribution is -2.38. The number of fused-ring (bicyclic) bond motifs is 1. The summed E-state index contributed by atoms with van der Waals surface area (Å²) in [4.78, 5) is 15.5. The molecule has 5 nitrogen and oxygen atoms in total. The molecule has 0 atom stereocenters. The van der Waals surface area contributed by atoms with Gasteiger partial charge in [0.1, 0.15) is 11.3 Å². The standard InChI is InChI=1S/C14H19N5/c1-2-19-9-5-11(6-10-19)17-13-4-3-12-14(18-13)16-8-7-15-12/h3-4,7-8,11H,2,5-6,9-10H2,1H3,(H,16,17,18). The molecule has 1 fully saturated rings. The average molecular weight is 257 g/mol. The molecular formula is C14H19N5. The van der Waals surface area contributed by atoms with Crippen LogP contribution in [0.25, 0.3) is 11.2 Å². The van der Waals surface area contributed by atoms with Crippen LogP contribution in [-0.2, 0) is 0 Å². The molecule has 0 bridgehead atoms. The van der Waals surface area contributed by atoms with E-state index in [1.165, 1.54) is 25.9 Å². The molecule has 0 amide bonds. The Hall–Kier alpha value is -1.75. The molecule has 0 spiro atoms. The zero-order valence-corrected chi connectivity index (χ0v) is 11.2. The van der Waals surface area contributed by atoms with Gasteiger partial charge in [0.25, 0.3) is 0 Å². The minimum absolute atomic E-state index is 0.518. The Balaban J connectivity index is 1.68. The van der Waals surface area contributed by atoms with Crippen LogP contribution in [0.15, 0.2) is 24.5 Å². The van der Waals surface area contributed by atoms with Gasteiger partial charge < -0.3 is 10.2 Å². The topological polar surface area (TPSA) is 53.9 Å². The first-order valence-corrected chi connectivity index (χ1v) is 6.92. The first-order valence-electron chi connectivity index (χ1n) is 6.92. The van der Waals surface area contributed by atoms with Crippen LogP contribution in [0.2, 0.25) is 0 Å². The second-order valence-corrected chi connectivity index (χ2v) is 4.95. The number of pyridine rings is 1. The Labute approximate surface area is 113 Å². The van der Waals surface area contributed by atoms with E-state index in [1.54, 1.807) is 12.4 Å². The summed E-state index contributed by atoms with van der Waals surface area (Å²) in [5.41, 5.74) is 1.55. The third-order valence-corrected chi connectivity index (χ3v) is 3.72. The Kier molecular flexibility index (Phi) is 3.55. The van der Waals surface area contributed by atoms with Gasteiger partial charge in [-0.2, -0.15) is 0 Å². The van der Waals surface area contributed by atoms with E-state index in [0.29, 0.717) is 11.7 Å². The molecule has 1 saturated heterocycles. The van der Waals surface area contributed by atoms with E-state index in [1.807, 2.05) is 12.1 Å². The van der Waals surface area contributed by atoms with Crippen molar-refractivity contribution >= 4 is 17.0 Å². The van der Waals surface area contributed by atoms with Gasteiger partial charge in [-0.3, -0.25) is 4.98 Å². The molecule has 0 aliphatic carbocycles. The smallest absolute Gasteiger partial charge is 0.180 e. The highest BCUT2D eigenvalue weighted by molar-refractivity contribution is 5.71. The van der Waals surface area contributed by atoms with E-state index in [9.17, 15) is 0 Å². The van der Waals surface area contributed by atoms with Crippen LogP contribution in [0.5, 0.6) is 0 Å². The highest BCUT2D eigenvalue weighted by Crippen LogP contribution is 2.16. The Bertz CT molecular complexity index is 548. The van der Waals surface area contributed by atoms with Gasteiger partial charge >= 0.3 is 0 Å². The largest absolute Gasteiger partial charge is 0.367 e. The van der Waals surface area contributed by atoms with E-state index < -0.39 is 0 Å². The predicted octanol–water partition coefficient (Wildman–Crippen LogP) is 1.92. The number of rotatable bonds is 3. The third-order valence-electron chi connectivity index (χ3n) is 3.72. The van der Waals surface area contributed by atoms with Gasteiger partial charge in [0.2, 0.25) is 0 Å². The summed E-state index contributed by atoms with van der Waals surface area (Å²) < 4.78 is 0. The summed E-state index contributed by atoms with van der Waals surface area (Å²) in [5.74, 6) is 0.906. The van der Waals surface area contributed by atoms with Crippen molar-refractivity contribution in [3.8, 4) is 0 Å². The van der Waals surface area contributed by atoms with Crippen LogP contribution in [-0.4, -0.2) is 45.5 Å². The first kappa shape index (κ1) is 12.3. The van der Waals surface area contributed by atoms with Gasteiger partial charge in [0.05, 0.1) is 0 Å². The maximum atomic E-state index is 4.51. The molecule has 1 N–H and O–H groups in total. The minimum Gasteiger partial charge on any atom is -0.367 e. The molecule has 2 aromatic heterocycles. The van der Waals surface area contributed by atoms with Crippen LogP contribution in [0.3, 0.4) is 0 Å². The number of nitrogens with one attached hydrogen (secondary N) is 1. The number of hydrogen-bond acceptors (Lipinski definition) is 5. The molecule has 19 heavy (non-hydrogen) atoms. The van der Waals surface area contributed by atoms with Crippen molar-refractivity contribution in [2.75, 3.05) is 25.0 Å². The first-order chi connectivity index (χ1) is 9.35. The molecule has 3 heterocycles. The Morgan fingerprint density at radius 2 is 2.00 bits per heavy atom. The molecule has 3 rings (SSSR count). The molecule has 0 saturated carbocycles. The third kappa shape index (κ3) is 2.81. The zero-order valence-electron chi connectivity index (χ0n) is 11.2. The van der Waals surface area contributed by atoms with Crippen molar-refractivity contribution < 1.29 is 0 Å². The zero-order chi connectivity index (χ0) is 13.1. The van der Waals surface area contributed by atoms with Crippen molar-refractivity contribution in [3.63, 3.8) is 0 Å². The van der Waals surface area contributed by atoms with E-state index in [-0.39, 0.29) is 0 Å². The average Bonchev–Trinajstić information content (AvgIpc) is 2.48. The predicted molar refractivity (Wildman–Crippen MR) is 76.1 cm³/mol. The van der Waals surface area contributed by atoms with E-state index in [4.69, 9.17) is 0 Å². The summed E-state index contributed by atoms with van der Waals surface area (Å²) in [5, 5.41) is 3.51. The van der Waals surface area contributed by atoms with Gasteiger partial charge in [0, 0.05) is 31.5 Å². The van der Waals surface area contributed by atoms with Crippen molar-refractivity contribution in [1.82, 2.24) is 19.9 Å². The maximum Gasteiger partial charge on any atom is 0.180 e. The van der Waals surface area contributed by atoms with Crippen molar-refractivity contribution in [3.05, 3.63) is 24.5 Å². The monoisotopic (exact) mass is 257 g/mol. The van der Waals surface area contributed by atoms with Gasteiger partial charge in [-0.15, -0.1) is 0 Å². The molecule has 1 aliphatic rings. The summed E-state index contributed by atoms with van der Waals surface area (Å²) in [6.45, 7) is 5.71. The quantitative estimate of drug-likeness (QED) is 0.910. The van der Waals surface area contributed by atoms with Gasteiger partial charge in [-0.25, -0.2) is 9.97 Å². The van der Waals surface area contributed by atoms with E-state index >= 15 is 0 Å². The van der Waals surface area contributed by atoms with Gasteiger partial charge in [-0.1, -0.05) is 6.92 Å². The number of likely N-dealkylation sites (tertiary alicyclic amines) is 1. The number of aromatic nitrogens is 3. The lowest BCUT2D eigenvalue weighted by atomic mass is 10.1. The number of nitrogens with zero attached hydrogens (tertiary/aromatic N) is 4. The van der Waals surface area contributed by atoms with Crippen LogP contribution in [0.1, 0.15) is 19.8 Å². The molecular weight excluding hydrogens is 238 g/mol. The molecule has 0 unspecified atom stereocenters. The fourth-order valence-corrected chi connectivity index (χ4v) is 2.54. The van der Waals surface area contributed by atoms with Crippen molar-refractivity contribution in [2.45, 2.75) is 25.8 Å². The highest BCUT2D eigenvalue weighted by atomic mass is 15.1. The molecule has 0 radical (unpaired) electrons.